The first-order chi connectivity index (χ1) is 10.0. The Morgan fingerprint density at radius 2 is 2.05 bits per heavy atom. The van der Waals surface area contributed by atoms with Gasteiger partial charge in [-0.1, -0.05) is 35.5 Å². The Kier molecular flexibility index (Phi) is 4.46. The van der Waals surface area contributed by atoms with Crippen LogP contribution in [0.2, 0.25) is 0 Å². The van der Waals surface area contributed by atoms with E-state index in [1.54, 1.807) is 18.2 Å². The summed E-state index contributed by atoms with van der Waals surface area (Å²) in [5.74, 6) is -3.04. The van der Waals surface area contributed by atoms with Gasteiger partial charge in [0.25, 0.3) is 5.92 Å². The smallest absolute Gasteiger partial charge is 0.314 e. The van der Waals surface area contributed by atoms with Gasteiger partial charge in [0.05, 0.1) is 12.7 Å². The van der Waals surface area contributed by atoms with Crippen LogP contribution in [0.1, 0.15) is 11.3 Å². The van der Waals surface area contributed by atoms with Crippen LogP contribution in [0.5, 0.6) is 0 Å². The van der Waals surface area contributed by atoms with Gasteiger partial charge >= 0.3 is 6.03 Å². The lowest BCUT2D eigenvalue weighted by Crippen LogP contribution is -2.32. The summed E-state index contributed by atoms with van der Waals surface area (Å²) >= 11 is 0. The molecule has 8 heteroatoms. The van der Waals surface area contributed by atoms with Crippen LogP contribution in [0.25, 0.3) is 0 Å². The van der Waals surface area contributed by atoms with Crippen molar-refractivity contribution >= 4 is 6.03 Å². The number of aromatic nitrogens is 3. The quantitative estimate of drug-likeness (QED) is 0.878. The fraction of sp³-hybridized carbons (Fsp3) is 0.308. The molecule has 0 aliphatic heterocycles. The van der Waals surface area contributed by atoms with Gasteiger partial charge in [0.15, 0.2) is 0 Å². The molecule has 0 spiro atoms. The molecule has 0 unspecified atom stereocenters. The zero-order valence-corrected chi connectivity index (χ0v) is 11.4. The lowest BCUT2D eigenvalue weighted by Gasteiger charge is -2.16. The number of hydrogen-bond donors (Lipinski definition) is 2. The minimum absolute atomic E-state index is 0.0782. The number of amides is 2. The van der Waals surface area contributed by atoms with Crippen LogP contribution in [0.15, 0.2) is 36.5 Å². The van der Waals surface area contributed by atoms with Crippen molar-refractivity contribution in [3.05, 3.63) is 47.8 Å². The summed E-state index contributed by atoms with van der Waals surface area (Å²) < 4.78 is 29.2. The molecule has 0 aliphatic carbocycles. The zero-order chi connectivity index (χ0) is 15.3. The molecule has 112 valence electrons. The number of carbonyl (C=O) groups excluding carboxylic acids is 1. The van der Waals surface area contributed by atoms with Crippen LogP contribution in [0.3, 0.4) is 0 Å². The number of nitrogens with zero attached hydrogens (tertiary/aromatic N) is 3. The van der Waals surface area contributed by atoms with Gasteiger partial charge in [0, 0.05) is 12.6 Å². The number of hydrogen-bond acceptors (Lipinski definition) is 3. The molecule has 1 heterocycles. The van der Waals surface area contributed by atoms with Crippen LogP contribution in [0.4, 0.5) is 13.6 Å². The molecule has 0 radical (unpaired) electrons. The molecule has 0 saturated heterocycles. The molecule has 2 rings (SSSR count). The highest BCUT2D eigenvalue weighted by molar-refractivity contribution is 5.73. The van der Waals surface area contributed by atoms with E-state index in [4.69, 9.17) is 0 Å². The molecule has 0 saturated carbocycles. The third-order valence-electron chi connectivity index (χ3n) is 2.80. The molecule has 0 bridgehead atoms. The number of alkyl halides is 2. The molecule has 1 aromatic carbocycles. The number of benzene rings is 1. The fourth-order valence-electron chi connectivity index (χ4n) is 1.73. The fourth-order valence-corrected chi connectivity index (χ4v) is 1.73. The second kappa shape index (κ2) is 6.29. The Hall–Kier alpha value is -2.51. The molecule has 2 N–H and O–H groups in total. The first-order valence-electron chi connectivity index (χ1n) is 6.29. The second-order valence-corrected chi connectivity index (χ2v) is 4.41. The summed E-state index contributed by atoms with van der Waals surface area (Å²) in [6, 6.07) is 7.15. The van der Waals surface area contributed by atoms with Crippen molar-refractivity contribution in [2.45, 2.75) is 19.0 Å². The van der Waals surface area contributed by atoms with Gasteiger partial charge in [0.2, 0.25) is 0 Å². The van der Waals surface area contributed by atoms with E-state index in [0.717, 1.165) is 4.68 Å². The molecule has 21 heavy (non-hydrogen) atoms. The highest BCUT2D eigenvalue weighted by Gasteiger charge is 2.32. The predicted molar refractivity (Wildman–Crippen MR) is 71.7 cm³/mol. The topological polar surface area (TPSA) is 71.8 Å². The number of carbonyl (C=O) groups is 1. The largest absolute Gasteiger partial charge is 0.341 e. The van der Waals surface area contributed by atoms with Crippen LogP contribution in [-0.2, 0) is 19.0 Å². The average Bonchev–Trinajstić information content (AvgIpc) is 2.92. The van der Waals surface area contributed by atoms with E-state index >= 15 is 0 Å². The minimum Gasteiger partial charge on any atom is -0.341 e. The maximum atomic E-state index is 14.1. The summed E-state index contributed by atoms with van der Waals surface area (Å²) in [5.41, 5.74) is 0.327. The van der Waals surface area contributed by atoms with E-state index in [2.05, 4.69) is 20.9 Å². The Morgan fingerprint density at radius 1 is 1.33 bits per heavy atom. The lowest BCUT2D eigenvalue weighted by molar-refractivity contribution is -0.0258. The van der Waals surface area contributed by atoms with Gasteiger partial charge in [0.1, 0.15) is 12.2 Å². The Morgan fingerprint density at radius 3 is 2.71 bits per heavy atom. The van der Waals surface area contributed by atoms with Crippen molar-refractivity contribution in [1.82, 2.24) is 25.6 Å². The van der Waals surface area contributed by atoms with Crippen LogP contribution >= 0.6 is 0 Å². The third-order valence-corrected chi connectivity index (χ3v) is 2.80. The molecule has 6 nitrogen and oxygen atoms in total. The van der Waals surface area contributed by atoms with E-state index in [1.165, 1.54) is 25.4 Å². The maximum absolute atomic E-state index is 14.1. The van der Waals surface area contributed by atoms with E-state index in [1.807, 2.05) is 0 Å². The van der Waals surface area contributed by atoms with E-state index in [9.17, 15) is 13.6 Å². The Bertz CT molecular complexity index is 600. The average molecular weight is 295 g/mol. The zero-order valence-electron chi connectivity index (χ0n) is 11.4. The summed E-state index contributed by atoms with van der Waals surface area (Å²) in [4.78, 5) is 11.0. The standard InChI is InChI=1S/C13H15F2N5O/c1-16-12(21)17-7-11-8-20(19-18-11)9-13(14,15)10-5-3-2-4-6-10/h2-6,8H,7,9H2,1H3,(H2,16,17,21). The predicted octanol–water partition coefficient (Wildman–Crippen LogP) is 1.50. The highest BCUT2D eigenvalue weighted by atomic mass is 19.3. The van der Waals surface area contributed by atoms with Gasteiger partial charge in [-0.2, -0.15) is 8.78 Å². The molecule has 2 aromatic rings. The molecule has 0 atom stereocenters. The van der Waals surface area contributed by atoms with Crippen molar-refractivity contribution in [2.24, 2.45) is 0 Å². The second-order valence-electron chi connectivity index (χ2n) is 4.41. The van der Waals surface area contributed by atoms with Crippen molar-refractivity contribution in [3.63, 3.8) is 0 Å². The van der Waals surface area contributed by atoms with Crippen LogP contribution < -0.4 is 10.6 Å². The van der Waals surface area contributed by atoms with Crippen molar-refractivity contribution in [2.75, 3.05) is 7.05 Å². The van der Waals surface area contributed by atoms with Gasteiger partial charge in [-0.3, -0.25) is 0 Å². The first kappa shape index (κ1) is 14.9. The third kappa shape index (κ3) is 3.98. The summed E-state index contributed by atoms with van der Waals surface area (Å²) in [6.07, 6.45) is 1.38. The lowest BCUT2D eigenvalue weighted by atomic mass is 10.1. The molecular formula is C13H15F2N5O. The number of nitrogens with one attached hydrogen (secondary N) is 2. The van der Waals surface area contributed by atoms with Gasteiger partial charge < -0.3 is 10.6 Å². The first-order valence-corrected chi connectivity index (χ1v) is 6.29. The van der Waals surface area contributed by atoms with Crippen molar-refractivity contribution in [3.8, 4) is 0 Å². The van der Waals surface area contributed by atoms with Crippen LogP contribution in [0, 0.1) is 0 Å². The van der Waals surface area contributed by atoms with E-state index < -0.39 is 12.5 Å². The van der Waals surface area contributed by atoms with Crippen LogP contribution in [-0.4, -0.2) is 28.1 Å². The molecular weight excluding hydrogens is 280 g/mol. The van der Waals surface area contributed by atoms with Gasteiger partial charge in [-0.15, -0.1) is 5.10 Å². The Balaban J connectivity index is 2.00. The number of rotatable bonds is 5. The van der Waals surface area contributed by atoms with Gasteiger partial charge in [-0.25, -0.2) is 9.48 Å². The highest BCUT2D eigenvalue weighted by Crippen LogP contribution is 2.29. The molecule has 1 aromatic heterocycles. The molecule has 2 amide bonds. The summed E-state index contributed by atoms with van der Waals surface area (Å²) in [6.45, 7) is -0.486. The minimum atomic E-state index is -3.04. The van der Waals surface area contributed by atoms with E-state index in [0.29, 0.717) is 5.69 Å². The normalized spacial score (nSPS) is 11.2. The monoisotopic (exact) mass is 295 g/mol. The van der Waals surface area contributed by atoms with Crippen molar-refractivity contribution in [1.29, 1.82) is 0 Å². The SMILES string of the molecule is CNC(=O)NCc1cn(CC(F)(F)c2ccccc2)nn1. The maximum Gasteiger partial charge on any atom is 0.314 e. The number of halogens is 2. The van der Waals surface area contributed by atoms with E-state index in [-0.39, 0.29) is 18.1 Å². The summed E-state index contributed by atoms with van der Waals surface area (Å²) in [7, 11) is 1.48. The molecule has 0 aliphatic rings. The Labute approximate surface area is 120 Å². The van der Waals surface area contributed by atoms with Crippen molar-refractivity contribution < 1.29 is 13.6 Å². The summed E-state index contributed by atoms with van der Waals surface area (Å²) in [5, 5.41) is 12.3. The van der Waals surface area contributed by atoms with Gasteiger partial charge in [-0.05, 0) is 0 Å². The molecule has 0 fully saturated rings. The number of urea groups is 1.